The van der Waals surface area contributed by atoms with E-state index < -0.39 is 0 Å². The van der Waals surface area contributed by atoms with Crippen molar-refractivity contribution in [2.24, 2.45) is 0 Å². The summed E-state index contributed by atoms with van der Waals surface area (Å²) in [4.78, 5) is 20.5. The number of nitrogens with one attached hydrogen (secondary N) is 2. The van der Waals surface area contributed by atoms with Gasteiger partial charge in [-0.2, -0.15) is 5.10 Å². The molecule has 3 aromatic rings. The number of carbonyl (C=O) groups is 1. The Morgan fingerprint density at radius 3 is 2.67 bits per heavy atom. The molecule has 0 aliphatic carbocycles. The number of hydrogen-bond acceptors (Lipinski definition) is 4. The number of aromatic nitrogens is 4. The number of benzene rings is 1. The molecule has 0 saturated heterocycles. The normalized spacial score (nSPS) is 12.0. The van der Waals surface area contributed by atoms with E-state index in [2.05, 4.69) is 25.5 Å². The summed E-state index contributed by atoms with van der Waals surface area (Å²) >= 11 is 11.8. The number of carbonyl (C=O) groups excluding carboxylic acids is 1. The third kappa shape index (κ3) is 3.55. The predicted molar refractivity (Wildman–Crippen MR) is 92.0 cm³/mol. The van der Waals surface area contributed by atoms with E-state index >= 15 is 0 Å². The van der Waals surface area contributed by atoms with Crippen LogP contribution in [0.2, 0.25) is 10.2 Å². The van der Waals surface area contributed by atoms with Gasteiger partial charge in [-0.15, -0.1) is 0 Å². The lowest BCUT2D eigenvalue weighted by molar-refractivity contribution is 0.0938. The quantitative estimate of drug-likeness (QED) is 0.694. The smallest absolute Gasteiger partial charge is 0.254 e. The van der Waals surface area contributed by atoms with Crippen LogP contribution in [-0.2, 0) is 0 Å². The van der Waals surface area contributed by atoms with Gasteiger partial charge in [0, 0.05) is 16.8 Å². The molecule has 1 amide bonds. The second-order valence-electron chi connectivity index (χ2n) is 5.09. The van der Waals surface area contributed by atoms with Gasteiger partial charge >= 0.3 is 0 Å². The van der Waals surface area contributed by atoms with E-state index in [0.29, 0.717) is 22.2 Å². The Kier molecular flexibility index (Phi) is 4.78. The Morgan fingerprint density at radius 1 is 1.21 bits per heavy atom. The van der Waals surface area contributed by atoms with Crippen molar-refractivity contribution in [3.8, 4) is 11.4 Å². The molecular weight excluding hydrogens is 349 g/mol. The standard InChI is InChI=1S/C16H13Cl2N5O/c1-9(20-16(24)12-3-2-8-19-13(12)18)14-21-15(23-22-14)10-4-6-11(17)7-5-10/h2-9H,1H3,(H,20,24)(H,21,22,23)/t9-/m0/s1. The van der Waals surface area contributed by atoms with E-state index in [1.54, 1.807) is 31.2 Å². The van der Waals surface area contributed by atoms with Crippen LogP contribution < -0.4 is 5.32 Å². The van der Waals surface area contributed by atoms with E-state index in [1.165, 1.54) is 6.20 Å². The molecule has 3 rings (SSSR count). The van der Waals surface area contributed by atoms with Crippen LogP contribution in [-0.4, -0.2) is 26.1 Å². The van der Waals surface area contributed by atoms with Crippen molar-refractivity contribution in [2.75, 3.05) is 0 Å². The number of rotatable bonds is 4. The van der Waals surface area contributed by atoms with Crippen molar-refractivity contribution in [3.05, 3.63) is 64.2 Å². The third-order valence-corrected chi connectivity index (χ3v) is 3.92. The van der Waals surface area contributed by atoms with Gasteiger partial charge in [0.05, 0.1) is 11.6 Å². The van der Waals surface area contributed by atoms with Gasteiger partial charge < -0.3 is 5.32 Å². The van der Waals surface area contributed by atoms with E-state index in [1.807, 2.05) is 12.1 Å². The highest BCUT2D eigenvalue weighted by Crippen LogP contribution is 2.20. The van der Waals surface area contributed by atoms with Crippen molar-refractivity contribution in [2.45, 2.75) is 13.0 Å². The molecule has 122 valence electrons. The van der Waals surface area contributed by atoms with Crippen LogP contribution in [0.5, 0.6) is 0 Å². The molecule has 0 saturated carbocycles. The topological polar surface area (TPSA) is 83.6 Å². The fraction of sp³-hybridized carbons (Fsp3) is 0.125. The van der Waals surface area contributed by atoms with Gasteiger partial charge in [-0.05, 0) is 43.3 Å². The van der Waals surface area contributed by atoms with Crippen LogP contribution in [0.15, 0.2) is 42.6 Å². The zero-order valence-corrected chi connectivity index (χ0v) is 14.1. The van der Waals surface area contributed by atoms with Gasteiger partial charge in [0.2, 0.25) is 0 Å². The average Bonchev–Trinajstić information content (AvgIpc) is 3.06. The SMILES string of the molecule is C[C@H](NC(=O)c1cccnc1Cl)c1nc(-c2ccc(Cl)cc2)n[nH]1. The molecule has 0 fully saturated rings. The molecule has 0 spiro atoms. The minimum absolute atomic E-state index is 0.154. The second kappa shape index (κ2) is 6.98. The molecule has 0 aliphatic heterocycles. The van der Waals surface area contributed by atoms with Gasteiger partial charge in [-0.1, -0.05) is 23.2 Å². The zero-order chi connectivity index (χ0) is 17.1. The Bertz CT molecular complexity index is 863. The molecule has 24 heavy (non-hydrogen) atoms. The molecule has 2 N–H and O–H groups in total. The Hall–Kier alpha value is -2.44. The van der Waals surface area contributed by atoms with E-state index in [9.17, 15) is 4.79 Å². The molecule has 0 bridgehead atoms. The molecule has 2 heterocycles. The fourth-order valence-electron chi connectivity index (χ4n) is 2.09. The summed E-state index contributed by atoms with van der Waals surface area (Å²) in [5, 5.41) is 10.6. The molecule has 0 radical (unpaired) electrons. The number of hydrogen-bond donors (Lipinski definition) is 2. The van der Waals surface area contributed by atoms with Crippen LogP contribution in [0.4, 0.5) is 0 Å². The van der Waals surface area contributed by atoms with Crippen LogP contribution in [0.25, 0.3) is 11.4 Å². The number of amides is 1. The summed E-state index contributed by atoms with van der Waals surface area (Å²) in [6.45, 7) is 1.80. The van der Waals surface area contributed by atoms with Crippen LogP contribution in [0.3, 0.4) is 0 Å². The third-order valence-electron chi connectivity index (χ3n) is 3.37. The average molecular weight is 362 g/mol. The number of pyridine rings is 1. The van der Waals surface area contributed by atoms with Gasteiger partial charge in [-0.3, -0.25) is 9.89 Å². The van der Waals surface area contributed by atoms with Crippen molar-refractivity contribution in [3.63, 3.8) is 0 Å². The first-order valence-corrected chi connectivity index (χ1v) is 7.90. The van der Waals surface area contributed by atoms with Gasteiger partial charge in [-0.25, -0.2) is 9.97 Å². The second-order valence-corrected chi connectivity index (χ2v) is 5.88. The Morgan fingerprint density at radius 2 is 1.96 bits per heavy atom. The minimum Gasteiger partial charge on any atom is -0.342 e. The van der Waals surface area contributed by atoms with Crippen LogP contribution in [0.1, 0.15) is 29.1 Å². The van der Waals surface area contributed by atoms with Crippen LogP contribution in [0, 0.1) is 0 Å². The first-order valence-electron chi connectivity index (χ1n) is 7.14. The monoisotopic (exact) mass is 361 g/mol. The molecule has 1 aromatic carbocycles. The molecule has 0 unspecified atom stereocenters. The lowest BCUT2D eigenvalue weighted by Crippen LogP contribution is -2.27. The summed E-state index contributed by atoms with van der Waals surface area (Å²) in [7, 11) is 0. The lowest BCUT2D eigenvalue weighted by atomic mass is 10.2. The maximum atomic E-state index is 12.3. The first-order chi connectivity index (χ1) is 11.5. The fourth-order valence-corrected chi connectivity index (χ4v) is 2.43. The van der Waals surface area contributed by atoms with Gasteiger partial charge in [0.1, 0.15) is 11.0 Å². The molecule has 8 heteroatoms. The maximum absolute atomic E-state index is 12.3. The molecule has 0 aliphatic rings. The van der Waals surface area contributed by atoms with Gasteiger partial charge in [0.25, 0.3) is 5.91 Å². The highest BCUT2D eigenvalue weighted by Gasteiger charge is 2.17. The van der Waals surface area contributed by atoms with Crippen molar-refractivity contribution < 1.29 is 4.79 Å². The summed E-state index contributed by atoms with van der Waals surface area (Å²) in [5.74, 6) is 0.737. The summed E-state index contributed by atoms with van der Waals surface area (Å²) in [6.07, 6.45) is 1.53. The van der Waals surface area contributed by atoms with E-state index in [0.717, 1.165) is 5.56 Å². The highest BCUT2D eigenvalue weighted by atomic mass is 35.5. The number of aromatic amines is 1. The number of H-pyrrole nitrogens is 1. The van der Waals surface area contributed by atoms with Crippen LogP contribution >= 0.6 is 23.2 Å². The highest BCUT2D eigenvalue weighted by molar-refractivity contribution is 6.32. The van der Waals surface area contributed by atoms with Gasteiger partial charge in [0.15, 0.2) is 5.82 Å². The molecule has 2 aromatic heterocycles. The zero-order valence-electron chi connectivity index (χ0n) is 12.6. The van der Waals surface area contributed by atoms with E-state index in [-0.39, 0.29) is 17.1 Å². The van der Waals surface area contributed by atoms with Crippen molar-refractivity contribution in [1.29, 1.82) is 0 Å². The lowest BCUT2D eigenvalue weighted by Gasteiger charge is -2.11. The summed E-state index contributed by atoms with van der Waals surface area (Å²) < 4.78 is 0. The Labute approximate surface area is 148 Å². The first kappa shape index (κ1) is 16.4. The van der Waals surface area contributed by atoms with Crippen molar-refractivity contribution in [1.82, 2.24) is 25.5 Å². The maximum Gasteiger partial charge on any atom is 0.254 e. The summed E-state index contributed by atoms with van der Waals surface area (Å²) in [6, 6.07) is 10.1. The Balaban J connectivity index is 1.74. The number of nitrogens with zero attached hydrogens (tertiary/aromatic N) is 3. The summed E-state index contributed by atoms with van der Waals surface area (Å²) in [5.41, 5.74) is 1.14. The van der Waals surface area contributed by atoms with E-state index in [4.69, 9.17) is 23.2 Å². The molecule has 1 atom stereocenters. The predicted octanol–water partition coefficient (Wildman–Crippen LogP) is 3.66. The molecule has 6 nitrogen and oxygen atoms in total. The number of halogens is 2. The largest absolute Gasteiger partial charge is 0.342 e. The molecular formula is C16H13Cl2N5O. The minimum atomic E-state index is -0.373. The van der Waals surface area contributed by atoms with Crippen molar-refractivity contribution >= 4 is 29.1 Å².